The van der Waals surface area contributed by atoms with E-state index in [-0.39, 0.29) is 12.0 Å². The zero-order valence-electron chi connectivity index (χ0n) is 9.34. The van der Waals surface area contributed by atoms with Crippen LogP contribution in [0.4, 0.5) is 0 Å². The number of hydrogen-bond acceptors (Lipinski definition) is 3. The van der Waals surface area contributed by atoms with Crippen molar-refractivity contribution in [3.8, 4) is 0 Å². The van der Waals surface area contributed by atoms with E-state index in [1.54, 1.807) is 7.11 Å². The van der Waals surface area contributed by atoms with Gasteiger partial charge in [0, 0.05) is 12.7 Å². The molecule has 1 N–H and O–H groups in total. The molecule has 0 aliphatic heterocycles. The molecular formula is C12H17NO2. The van der Waals surface area contributed by atoms with Crippen LogP contribution in [-0.2, 0) is 4.74 Å². The first-order chi connectivity index (χ1) is 7.20. The number of methoxy groups -OCH3 is 1. The molecule has 0 heterocycles. The molecule has 0 spiro atoms. The highest BCUT2D eigenvalue weighted by Crippen LogP contribution is 2.14. The van der Waals surface area contributed by atoms with Crippen LogP contribution in [0, 0.1) is 5.92 Å². The summed E-state index contributed by atoms with van der Waals surface area (Å²) >= 11 is 0. The van der Waals surface area contributed by atoms with Gasteiger partial charge < -0.3 is 9.94 Å². The normalized spacial score (nSPS) is 14.3. The third-order valence-corrected chi connectivity index (χ3v) is 2.31. The topological polar surface area (TPSA) is 41.8 Å². The summed E-state index contributed by atoms with van der Waals surface area (Å²) in [6.45, 7) is 4.06. The van der Waals surface area contributed by atoms with Gasteiger partial charge in [-0.1, -0.05) is 49.3 Å². The Morgan fingerprint density at radius 2 is 1.87 bits per heavy atom. The smallest absolute Gasteiger partial charge is 0.116 e. The van der Waals surface area contributed by atoms with Crippen LogP contribution in [0.15, 0.2) is 35.5 Å². The Morgan fingerprint density at radius 1 is 1.27 bits per heavy atom. The molecule has 1 atom stereocenters. The van der Waals surface area contributed by atoms with Crippen molar-refractivity contribution in [2.75, 3.05) is 7.11 Å². The molecule has 0 radical (unpaired) electrons. The Morgan fingerprint density at radius 3 is 2.27 bits per heavy atom. The van der Waals surface area contributed by atoms with Crippen LogP contribution in [0.3, 0.4) is 0 Å². The average Bonchev–Trinajstić information content (AvgIpc) is 2.26. The highest BCUT2D eigenvalue weighted by molar-refractivity contribution is 6.03. The summed E-state index contributed by atoms with van der Waals surface area (Å²) in [5.41, 5.74) is 1.47. The van der Waals surface area contributed by atoms with Crippen LogP contribution in [0.1, 0.15) is 19.4 Å². The summed E-state index contributed by atoms with van der Waals surface area (Å²) in [6.07, 6.45) is -0.183. The van der Waals surface area contributed by atoms with Crippen LogP contribution < -0.4 is 0 Å². The van der Waals surface area contributed by atoms with E-state index in [0.717, 1.165) is 5.56 Å². The SMILES string of the molecule is COC(C(=NO)c1ccccc1)C(C)C. The first kappa shape index (κ1) is 11.7. The summed E-state index contributed by atoms with van der Waals surface area (Å²) in [4.78, 5) is 0. The maximum Gasteiger partial charge on any atom is 0.116 e. The number of oxime groups is 1. The van der Waals surface area contributed by atoms with E-state index in [1.807, 2.05) is 44.2 Å². The molecule has 1 aromatic rings. The molecule has 3 heteroatoms. The first-order valence-electron chi connectivity index (χ1n) is 5.00. The number of nitrogens with zero attached hydrogens (tertiary/aromatic N) is 1. The van der Waals surface area contributed by atoms with Crippen LogP contribution >= 0.6 is 0 Å². The molecule has 1 aromatic carbocycles. The van der Waals surface area contributed by atoms with E-state index in [2.05, 4.69) is 5.16 Å². The van der Waals surface area contributed by atoms with Crippen LogP contribution in [0.5, 0.6) is 0 Å². The lowest BCUT2D eigenvalue weighted by atomic mass is 9.97. The quantitative estimate of drug-likeness (QED) is 0.468. The lowest BCUT2D eigenvalue weighted by molar-refractivity contribution is 0.115. The minimum atomic E-state index is -0.183. The van der Waals surface area contributed by atoms with Crippen molar-refractivity contribution < 1.29 is 9.94 Å². The molecule has 0 bridgehead atoms. The summed E-state index contributed by atoms with van der Waals surface area (Å²) in [7, 11) is 1.62. The Balaban J connectivity index is 2.99. The van der Waals surface area contributed by atoms with Gasteiger partial charge >= 0.3 is 0 Å². The van der Waals surface area contributed by atoms with E-state index in [4.69, 9.17) is 9.94 Å². The maximum absolute atomic E-state index is 9.04. The third-order valence-electron chi connectivity index (χ3n) is 2.31. The summed E-state index contributed by atoms with van der Waals surface area (Å²) < 4.78 is 5.33. The van der Waals surface area contributed by atoms with Crippen LogP contribution in [-0.4, -0.2) is 24.1 Å². The molecule has 0 aliphatic carbocycles. The zero-order valence-corrected chi connectivity index (χ0v) is 9.34. The van der Waals surface area contributed by atoms with Crippen LogP contribution in [0.25, 0.3) is 0 Å². The summed E-state index contributed by atoms with van der Waals surface area (Å²) in [5.74, 6) is 0.265. The molecule has 82 valence electrons. The maximum atomic E-state index is 9.04. The lowest BCUT2D eigenvalue weighted by Crippen LogP contribution is -2.29. The highest BCUT2D eigenvalue weighted by atomic mass is 16.5. The predicted octanol–water partition coefficient (Wildman–Crippen LogP) is 2.54. The molecule has 0 aromatic heterocycles. The molecule has 0 saturated carbocycles. The van der Waals surface area contributed by atoms with Crippen molar-refractivity contribution in [2.24, 2.45) is 11.1 Å². The van der Waals surface area contributed by atoms with Gasteiger partial charge in [-0.3, -0.25) is 0 Å². The van der Waals surface area contributed by atoms with Crippen molar-refractivity contribution >= 4 is 5.71 Å². The van der Waals surface area contributed by atoms with Gasteiger partial charge in [0.1, 0.15) is 11.8 Å². The molecule has 0 saturated heterocycles. The number of benzene rings is 1. The molecule has 3 nitrogen and oxygen atoms in total. The van der Waals surface area contributed by atoms with Crippen molar-refractivity contribution in [3.63, 3.8) is 0 Å². The second-order valence-corrected chi connectivity index (χ2v) is 3.75. The minimum absolute atomic E-state index is 0.183. The summed E-state index contributed by atoms with van der Waals surface area (Å²) in [5, 5.41) is 12.4. The fourth-order valence-corrected chi connectivity index (χ4v) is 1.59. The molecule has 15 heavy (non-hydrogen) atoms. The van der Waals surface area contributed by atoms with Gasteiger partial charge in [0.15, 0.2) is 0 Å². The number of ether oxygens (including phenoxy) is 1. The highest BCUT2D eigenvalue weighted by Gasteiger charge is 2.21. The van der Waals surface area contributed by atoms with Gasteiger partial charge in [-0.05, 0) is 5.92 Å². The Bertz CT molecular complexity index is 320. The Labute approximate surface area is 90.4 Å². The Hall–Kier alpha value is -1.35. The third kappa shape index (κ3) is 2.80. The molecular weight excluding hydrogens is 190 g/mol. The molecule has 1 unspecified atom stereocenters. The van der Waals surface area contributed by atoms with Gasteiger partial charge in [-0.25, -0.2) is 0 Å². The molecule has 1 rings (SSSR count). The van der Waals surface area contributed by atoms with Gasteiger partial charge in [-0.2, -0.15) is 0 Å². The number of rotatable bonds is 4. The number of hydrogen-bond donors (Lipinski definition) is 1. The fraction of sp³-hybridized carbons (Fsp3) is 0.417. The zero-order chi connectivity index (χ0) is 11.3. The fourth-order valence-electron chi connectivity index (χ4n) is 1.59. The van der Waals surface area contributed by atoms with Crippen LogP contribution in [0.2, 0.25) is 0 Å². The molecule has 0 amide bonds. The second kappa shape index (κ2) is 5.51. The van der Waals surface area contributed by atoms with Crippen molar-refractivity contribution in [1.82, 2.24) is 0 Å². The van der Waals surface area contributed by atoms with Gasteiger partial charge in [0.05, 0.1) is 0 Å². The molecule has 0 fully saturated rings. The first-order valence-corrected chi connectivity index (χ1v) is 5.00. The monoisotopic (exact) mass is 207 g/mol. The van der Waals surface area contributed by atoms with E-state index < -0.39 is 0 Å². The predicted molar refractivity (Wildman–Crippen MR) is 60.4 cm³/mol. The van der Waals surface area contributed by atoms with Crippen molar-refractivity contribution in [1.29, 1.82) is 0 Å². The largest absolute Gasteiger partial charge is 0.411 e. The summed E-state index contributed by atoms with van der Waals surface area (Å²) in [6, 6.07) is 9.56. The van der Waals surface area contributed by atoms with Gasteiger partial charge in [0.25, 0.3) is 0 Å². The van der Waals surface area contributed by atoms with E-state index in [9.17, 15) is 0 Å². The standard InChI is InChI=1S/C12H17NO2/c1-9(2)12(15-3)11(13-14)10-7-5-4-6-8-10/h4-9,12,14H,1-3H3. The van der Waals surface area contributed by atoms with Crippen molar-refractivity contribution in [3.05, 3.63) is 35.9 Å². The van der Waals surface area contributed by atoms with Crippen molar-refractivity contribution in [2.45, 2.75) is 20.0 Å². The Kier molecular flexibility index (Phi) is 4.31. The minimum Gasteiger partial charge on any atom is -0.411 e. The van der Waals surface area contributed by atoms with Gasteiger partial charge in [-0.15, -0.1) is 0 Å². The molecule has 0 aliphatic rings. The van der Waals surface area contributed by atoms with Gasteiger partial charge in [0.2, 0.25) is 0 Å². The lowest BCUT2D eigenvalue weighted by Gasteiger charge is -2.20. The van der Waals surface area contributed by atoms with E-state index in [1.165, 1.54) is 0 Å². The van der Waals surface area contributed by atoms with E-state index >= 15 is 0 Å². The average molecular weight is 207 g/mol. The second-order valence-electron chi connectivity index (χ2n) is 3.75. The van der Waals surface area contributed by atoms with E-state index in [0.29, 0.717) is 5.71 Å².